The van der Waals surface area contributed by atoms with Crippen molar-refractivity contribution in [2.24, 2.45) is 0 Å². The summed E-state index contributed by atoms with van der Waals surface area (Å²) in [4.78, 5) is 10.3. The van der Waals surface area contributed by atoms with Crippen LogP contribution in [0.15, 0.2) is 0 Å². The van der Waals surface area contributed by atoms with E-state index in [-0.39, 0.29) is 32.1 Å². The predicted octanol–water partition coefficient (Wildman–Crippen LogP) is 8.20. The maximum atomic E-state index is 13.7. The topological polar surface area (TPSA) is 37.3 Å². The zero-order chi connectivity index (χ0) is 29.2. The van der Waals surface area contributed by atoms with E-state index in [1.54, 1.807) is 0 Å². The van der Waals surface area contributed by atoms with E-state index in [1.807, 2.05) is 0 Å². The van der Waals surface area contributed by atoms with Crippen LogP contribution in [0.25, 0.3) is 0 Å². The monoisotopic (exact) mass is 576 g/mol. The zero-order valence-electron chi connectivity index (χ0n) is 17.4. The van der Waals surface area contributed by atoms with Crippen LogP contribution in [0.1, 0.15) is 51.4 Å². The van der Waals surface area contributed by atoms with Crippen molar-refractivity contribution in [3.63, 3.8) is 0 Å². The molecular formula is C17H17F17O2. The first-order valence-electron chi connectivity index (χ1n) is 9.60. The molecule has 0 aromatic rings. The van der Waals surface area contributed by atoms with Gasteiger partial charge in [-0.15, -0.1) is 0 Å². The van der Waals surface area contributed by atoms with Crippen molar-refractivity contribution in [1.82, 2.24) is 0 Å². The predicted molar refractivity (Wildman–Crippen MR) is 85.3 cm³/mol. The minimum Gasteiger partial charge on any atom is -0.481 e. The molecule has 0 saturated heterocycles. The molecule has 0 spiro atoms. The quantitative estimate of drug-likeness (QED) is 0.158. The molecule has 0 saturated carbocycles. The van der Waals surface area contributed by atoms with Crippen molar-refractivity contribution in [1.29, 1.82) is 0 Å². The van der Waals surface area contributed by atoms with Crippen LogP contribution < -0.4 is 0 Å². The molecule has 0 aliphatic heterocycles. The van der Waals surface area contributed by atoms with Crippen LogP contribution in [0, 0.1) is 0 Å². The second-order valence-corrected chi connectivity index (χ2v) is 7.66. The van der Waals surface area contributed by atoms with Crippen LogP contribution in [0.5, 0.6) is 0 Å². The molecule has 0 bridgehead atoms. The Morgan fingerprint density at radius 3 is 1.11 bits per heavy atom. The molecule has 0 aromatic carbocycles. The Hall–Kier alpha value is -1.72. The number of carbonyl (C=O) groups is 1. The number of halogens is 17. The molecule has 0 unspecified atom stereocenters. The van der Waals surface area contributed by atoms with Gasteiger partial charge in [-0.2, -0.15) is 74.6 Å². The number of hydrogen-bond acceptors (Lipinski definition) is 1. The number of rotatable bonds is 15. The number of aliphatic carboxylic acids is 1. The average molecular weight is 576 g/mol. The minimum absolute atomic E-state index is 0.107. The molecule has 1 N–H and O–H groups in total. The molecule has 0 rings (SSSR count). The first kappa shape index (κ1) is 34.3. The molecule has 36 heavy (non-hydrogen) atoms. The largest absolute Gasteiger partial charge is 0.481 e. The van der Waals surface area contributed by atoms with Crippen molar-refractivity contribution in [3.05, 3.63) is 0 Å². The number of alkyl halides is 17. The van der Waals surface area contributed by atoms with Gasteiger partial charge in [0.25, 0.3) is 0 Å². The highest BCUT2D eigenvalue weighted by atomic mass is 19.4. The lowest BCUT2D eigenvalue weighted by Gasteiger charge is -2.42. The van der Waals surface area contributed by atoms with Gasteiger partial charge in [-0.1, -0.05) is 25.7 Å². The summed E-state index contributed by atoms with van der Waals surface area (Å²) < 4.78 is 223. The maximum absolute atomic E-state index is 13.7. The van der Waals surface area contributed by atoms with Crippen molar-refractivity contribution in [2.45, 2.75) is 99.0 Å². The van der Waals surface area contributed by atoms with Crippen LogP contribution >= 0.6 is 0 Å². The highest BCUT2D eigenvalue weighted by Gasteiger charge is 2.95. The SMILES string of the molecule is O=C(O)CCCCCCCCC(F)(F)C(F)(F)C(F)(F)C(F)(F)C(F)(F)C(F)(F)C(F)(F)C(F)(F)F. The van der Waals surface area contributed by atoms with Gasteiger partial charge in [0, 0.05) is 12.8 Å². The fourth-order valence-corrected chi connectivity index (χ4v) is 2.68. The Morgan fingerprint density at radius 1 is 0.444 bits per heavy atom. The Labute approximate surface area is 190 Å². The average Bonchev–Trinajstić information content (AvgIpc) is 2.67. The normalized spacial score (nSPS) is 15.4. The van der Waals surface area contributed by atoms with E-state index in [0.717, 1.165) is 0 Å². The maximum Gasteiger partial charge on any atom is 0.460 e. The van der Waals surface area contributed by atoms with E-state index >= 15 is 0 Å². The summed E-state index contributed by atoms with van der Waals surface area (Å²) in [7, 11) is 0. The lowest BCUT2D eigenvalue weighted by Crippen LogP contribution is -2.74. The molecule has 0 heterocycles. The molecule has 19 heteroatoms. The summed E-state index contributed by atoms with van der Waals surface area (Å²) in [5.74, 6) is -57.2. The van der Waals surface area contributed by atoms with Crippen LogP contribution in [-0.2, 0) is 4.79 Å². The van der Waals surface area contributed by atoms with Gasteiger partial charge < -0.3 is 5.11 Å². The third-order valence-electron chi connectivity index (χ3n) is 4.92. The first-order valence-corrected chi connectivity index (χ1v) is 9.60. The van der Waals surface area contributed by atoms with Crippen molar-refractivity contribution >= 4 is 5.97 Å². The number of unbranched alkanes of at least 4 members (excludes halogenated alkanes) is 5. The third-order valence-corrected chi connectivity index (χ3v) is 4.92. The highest BCUT2D eigenvalue weighted by molar-refractivity contribution is 5.66. The zero-order valence-corrected chi connectivity index (χ0v) is 17.4. The minimum atomic E-state index is -8.61. The number of carboxylic acids is 1. The van der Waals surface area contributed by atoms with Crippen LogP contribution in [0.3, 0.4) is 0 Å². The summed E-state index contributed by atoms with van der Waals surface area (Å²) in [5.41, 5.74) is 0. The molecule has 0 aliphatic rings. The summed E-state index contributed by atoms with van der Waals surface area (Å²) >= 11 is 0. The van der Waals surface area contributed by atoms with Gasteiger partial charge >= 0.3 is 53.6 Å². The van der Waals surface area contributed by atoms with Gasteiger partial charge in [-0.3, -0.25) is 4.79 Å². The van der Waals surface area contributed by atoms with E-state index in [0.29, 0.717) is 0 Å². The summed E-state index contributed by atoms with van der Waals surface area (Å²) in [6, 6.07) is 0. The van der Waals surface area contributed by atoms with Gasteiger partial charge in [0.15, 0.2) is 0 Å². The smallest absolute Gasteiger partial charge is 0.460 e. The van der Waals surface area contributed by atoms with Crippen LogP contribution in [0.2, 0.25) is 0 Å². The molecule has 2 nitrogen and oxygen atoms in total. The second kappa shape index (κ2) is 10.6. The van der Waals surface area contributed by atoms with Gasteiger partial charge in [-0.05, 0) is 12.8 Å². The fourth-order valence-electron chi connectivity index (χ4n) is 2.68. The number of hydrogen-bond donors (Lipinski definition) is 1. The summed E-state index contributed by atoms with van der Waals surface area (Å²) in [6.45, 7) is 0. The van der Waals surface area contributed by atoms with Crippen molar-refractivity contribution in [2.75, 3.05) is 0 Å². The molecule has 216 valence electrons. The van der Waals surface area contributed by atoms with Crippen LogP contribution in [-0.4, -0.2) is 58.7 Å². The highest BCUT2D eigenvalue weighted by Crippen LogP contribution is 2.64. The van der Waals surface area contributed by atoms with E-state index in [4.69, 9.17) is 5.11 Å². The molecule has 0 aliphatic carbocycles. The molecule has 0 fully saturated rings. The van der Waals surface area contributed by atoms with Gasteiger partial charge in [-0.25, -0.2) is 0 Å². The Kier molecular flexibility index (Phi) is 10.1. The Balaban J connectivity index is 5.76. The Bertz CT molecular complexity index is 742. The van der Waals surface area contributed by atoms with Gasteiger partial charge in [0.1, 0.15) is 0 Å². The lowest BCUT2D eigenvalue weighted by atomic mass is 9.87. The molecule has 0 amide bonds. The van der Waals surface area contributed by atoms with E-state index < -0.39 is 72.9 Å². The third kappa shape index (κ3) is 5.88. The molecule has 0 atom stereocenters. The second-order valence-electron chi connectivity index (χ2n) is 7.66. The van der Waals surface area contributed by atoms with Crippen molar-refractivity contribution < 1.29 is 84.5 Å². The Morgan fingerprint density at radius 2 is 0.750 bits per heavy atom. The van der Waals surface area contributed by atoms with Gasteiger partial charge in [0.05, 0.1) is 0 Å². The molecular weight excluding hydrogens is 559 g/mol. The van der Waals surface area contributed by atoms with E-state index in [1.165, 1.54) is 0 Å². The van der Waals surface area contributed by atoms with Crippen molar-refractivity contribution in [3.8, 4) is 0 Å². The number of carboxylic acid groups (broad SMARTS) is 1. The lowest BCUT2D eigenvalue weighted by molar-refractivity contribution is -0.461. The van der Waals surface area contributed by atoms with E-state index in [2.05, 4.69) is 0 Å². The van der Waals surface area contributed by atoms with E-state index in [9.17, 15) is 79.4 Å². The summed E-state index contributed by atoms with van der Waals surface area (Å²) in [6.07, 6.45) is -11.8. The fraction of sp³-hybridized carbons (Fsp3) is 0.941. The molecule has 0 radical (unpaired) electrons. The van der Waals surface area contributed by atoms with Gasteiger partial charge in [0.2, 0.25) is 0 Å². The van der Waals surface area contributed by atoms with Crippen LogP contribution in [0.4, 0.5) is 74.6 Å². The molecule has 0 aromatic heterocycles. The summed E-state index contributed by atoms with van der Waals surface area (Å²) in [5, 5.41) is 8.37. The first-order chi connectivity index (χ1) is 15.7. The standard InChI is InChI=1S/C17H17F17O2/c18-10(19,8-6-4-2-1-3-5-7-9(35)36)11(20,21)12(22,23)13(24,25)14(26,27)15(28,29)16(30,31)17(32,33)34/h1-8H2,(H,35,36).